The topological polar surface area (TPSA) is 125 Å². The van der Waals surface area contributed by atoms with Gasteiger partial charge >= 0.3 is 0 Å². The van der Waals surface area contributed by atoms with Crippen molar-refractivity contribution in [2.24, 2.45) is 0 Å². The van der Waals surface area contributed by atoms with Crippen LogP contribution < -0.4 is 16.0 Å². The van der Waals surface area contributed by atoms with Crippen molar-refractivity contribution in [2.45, 2.75) is 89.8 Å². The van der Waals surface area contributed by atoms with E-state index in [-0.39, 0.29) is 24.1 Å². The number of hydrogen-bond donors (Lipinski definition) is 4. The fraction of sp³-hybridized carbons (Fsp3) is 0.444. The van der Waals surface area contributed by atoms with Crippen LogP contribution in [0.1, 0.15) is 72.6 Å². The normalized spacial score (nSPS) is 14.2. The van der Waals surface area contributed by atoms with E-state index in [0.29, 0.717) is 25.8 Å². The molecule has 256 valence electrons. The van der Waals surface area contributed by atoms with Crippen LogP contribution in [0.4, 0.5) is 8.78 Å². The minimum atomic E-state index is -3.84. The van der Waals surface area contributed by atoms with Gasteiger partial charge in [0.2, 0.25) is 5.91 Å². The monoisotopic (exact) mass is 671 g/mol. The van der Waals surface area contributed by atoms with Gasteiger partial charge in [0.05, 0.1) is 23.1 Å². The van der Waals surface area contributed by atoms with Gasteiger partial charge < -0.3 is 21.1 Å². The Morgan fingerprint density at radius 2 is 1.53 bits per heavy atom. The maximum atomic E-state index is 14.1. The Labute approximate surface area is 277 Å². The van der Waals surface area contributed by atoms with Crippen LogP contribution in [-0.2, 0) is 34.0 Å². The molecule has 0 spiro atoms. The summed E-state index contributed by atoms with van der Waals surface area (Å²) in [6, 6.07) is 14.9. The van der Waals surface area contributed by atoms with Gasteiger partial charge in [0.1, 0.15) is 17.7 Å². The molecule has 2 amide bonds. The molecule has 4 atom stereocenters. The van der Waals surface area contributed by atoms with Crippen molar-refractivity contribution in [3.05, 3.63) is 106 Å². The lowest BCUT2D eigenvalue weighted by molar-refractivity contribution is -0.124. The van der Waals surface area contributed by atoms with Gasteiger partial charge in [-0.05, 0) is 73.6 Å². The lowest BCUT2D eigenvalue weighted by Crippen LogP contribution is -2.57. The van der Waals surface area contributed by atoms with Gasteiger partial charge in [-0.25, -0.2) is 17.2 Å². The third-order valence-electron chi connectivity index (χ3n) is 8.16. The summed E-state index contributed by atoms with van der Waals surface area (Å²) in [5.74, 6) is -3.76. The van der Waals surface area contributed by atoms with E-state index in [1.807, 2.05) is 45.0 Å². The largest absolute Gasteiger partial charge is 0.390 e. The van der Waals surface area contributed by atoms with E-state index in [1.165, 1.54) is 0 Å². The lowest BCUT2D eigenvalue weighted by atomic mass is 10.00. The number of halogens is 2. The molecule has 3 aromatic carbocycles. The number of rotatable bonds is 18. The van der Waals surface area contributed by atoms with E-state index >= 15 is 0 Å². The smallest absolute Gasteiger partial charge is 0.251 e. The van der Waals surface area contributed by atoms with Crippen LogP contribution in [0, 0.1) is 18.6 Å². The number of sulfone groups is 1. The van der Waals surface area contributed by atoms with Crippen LogP contribution in [0.15, 0.2) is 66.7 Å². The predicted molar refractivity (Wildman–Crippen MR) is 181 cm³/mol. The minimum Gasteiger partial charge on any atom is -0.390 e. The van der Waals surface area contributed by atoms with E-state index in [0.717, 1.165) is 41.3 Å². The lowest BCUT2D eigenvalue weighted by Gasteiger charge is -2.28. The van der Waals surface area contributed by atoms with Gasteiger partial charge in [-0.2, -0.15) is 0 Å². The average molecular weight is 672 g/mol. The summed E-state index contributed by atoms with van der Waals surface area (Å²) in [5.41, 5.74) is 3.49. The number of carbonyl (C=O) groups excluding carboxylic acids is 2. The molecule has 8 nitrogen and oxygen atoms in total. The van der Waals surface area contributed by atoms with Crippen LogP contribution >= 0.6 is 0 Å². The van der Waals surface area contributed by atoms with Crippen LogP contribution in [0.25, 0.3) is 0 Å². The van der Waals surface area contributed by atoms with Crippen molar-refractivity contribution in [3.8, 4) is 0 Å². The van der Waals surface area contributed by atoms with Crippen molar-refractivity contribution >= 4 is 21.7 Å². The maximum Gasteiger partial charge on any atom is 0.251 e. The molecular formula is C36H47F2N3O5S. The number of aliphatic hydroxyl groups is 1. The van der Waals surface area contributed by atoms with Gasteiger partial charge in [-0.3, -0.25) is 9.59 Å². The van der Waals surface area contributed by atoms with E-state index in [1.54, 1.807) is 31.2 Å². The van der Waals surface area contributed by atoms with Crippen LogP contribution in [0.2, 0.25) is 0 Å². The number of nitrogens with one attached hydrogen (secondary N) is 3. The molecule has 3 rings (SSSR count). The first-order valence-corrected chi connectivity index (χ1v) is 17.9. The molecule has 0 saturated carbocycles. The summed E-state index contributed by atoms with van der Waals surface area (Å²) < 4.78 is 55.1. The van der Waals surface area contributed by atoms with Crippen LogP contribution in [0.5, 0.6) is 0 Å². The van der Waals surface area contributed by atoms with E-state index in [4.69, 9.17) is 0 Å². The Balaban J connectivity index is 1.88. The summed E-state index contributed by atoms with van der Waals surface area (Å²) in [6.07, 6.45) is 0.831. The third-order valence-corrected chi connectivity index (χ3v) is 10.5. The third kappa shape index (κ3) is 11.8. The van der Waals surface area contributed by atoms with Gasteiger partial charge in [-0.1, -0.05) is 69.2 Å². The summed E-state index contributed by atoms with van der Waals surface area (Å²) in [6.45, 7) is 7.96. The second kappa shape index (κ2) is 18.0. The number of amides is 2. The average Bonchev–Trinajstić information content (AvgIpc) is 3.02. The zero-order valence-corrected chi connectivity index (χ0v) is 28.4. The number of aryl methyl sites for hydroxylation is 2. The molecule has 0 aliphatic rings. The highest BCUT2D eigenvalue weighted by Gasteiger charge is 2.34. The molecule has 3 aromatic rings. The van der Waals surface area contributed by atoms with Crippen molar-refractivity contribution in [1.82, 2.24) is 16.0 Å². The van der Waals surface area contributed by atoms with Crippen LogP contribution in [-0.4, -0.2) is 61.1 Å². The number of benzene rings is 3. The Morgan fingerprint density at radius 1 is 0.872 bits per heavy atom. The number of carbonyl (C=O) groups is 2. The first-order chi connectivity index (χ1) is 22.3. The zero-order chi connectivity index (χ0) is 34.6. The van der Waals surface area contributed by atoms with Crippen molar-refractivity contribution < 1.29 is 31.9 Å². The van der Waals surface area contributed by atoms with Crippen LogP contribution in [0.3, 0.4) is 0 Å². The minimum absolute atomic E-state index is 0.00615. The molecule has 0 radical (unpaired) electrons. The predicted octanol–water partition coefficient (Wildman–Crippen LogP) is 4.81. The Morgan fingerprint density at radius 3 is 2.15 bits per heavy atom. The van der Waals surface area contributed by atoms with Gasteiger partial charge in [0.15, 0.2) is 9.84 Å². The molecule has 0 bridgehead atoms. The fourth-order valence-electron chi connectivity index (χ4n) is 5.47. The quantitative estimate of drug-likeness (QED) is 0.154. The standard InChI is InChI=1S/C36H47F2N3O5S/c1-5-9-31(7-3)47(45,46)23-33(41-35(43)28-14-12-24(4)13-15-28)36(44)40-32(19-27-17-29(37)20-30(38)18-27)34(42)22-39-21-26-11-8-10-25(6-2)16-26/h8,10-18,20,31-34,39,42H,5-7,9,19,21-23H2,1-4H3,(H,40,44)(H,41,43)/t31?,32-,33-,34+/m0/s1. The summed E-state index contributed by atoms with van der Waals surface area (Å²) >= 11 is 0. The molecule has 4 N–H and O–H groups in total. The molecule has 0 saturated heterocycles. The molecule has 0 aliphatic heterocycles. The molecular weight excluding hydrogens is 624 g/mol. The van der Waals surface area contributed by atoms with Crippen molar-refractivity contribution in [3.63, 3.8) is 0 Å². The summed E-state index contributed by atoms with van der Waals surface area (Å²) in [5, 5.41) is 19.0. The molecule has 1 unspecified atom stereocenters. The van der Waals surface area contributed by atoms with E-state index in [2.05, 4.69) is 16.0 Å². The first kappa shape index (κ1) is 37.8. The number of aliphatic hydroxyl groups excluding tert-OH is 1. The molecule has 47 heavy (non-hydrogen) atoms. The zero-order valence-electron chi connectivity index (χ0n) is 27.6. The summed E-state index contributed by atoms with van der Waals surface area (Å²) in [4.78, 5) is 27.0. The molecule has 0 aliphatic carbocycles. The van der Waals surface area contributed by atoms with E-state index < -0.39 is 62.5 Å². The molecule has 11 heteroatoms. The molecule has 0 aromatic heterocycles. The fourth-order valence-corrected chi connectivity index (χ4v) is 7.55. The maximum absolute atomic E-state index is 14.1. The Bertz CT molecular complexity index is 1560. The second-order valence-corrected chi connectivity index (χ2v) is 14.3. The second-order valence-electron chi connectivity index (χ2n) is 12.0. The van der Waals surface area contributed by atoms with Gasteiger partial charge in [0, 0.05) is 24.7 Å². The number of hydrogen-bond acceptors (Lipinski definition) is 6. The van der Waals surface area contributed by atoms with Gasteiger partial charge in [-0.15, -0.1) is 0 Å². The van der Waals surface area contributed by atoms with Crippen molar-refractivity contribution in [1.29, 1.82) is 0 Å². The highest BCUT2D eigenvalue weighted by Crippen LogP contribution is 2.17. The Hall–Kier alpha value is -3.67. The van der Waals surface area contributed by atoms with E-state index in [9.17, 15) is 31.9 Å². The summed E-state index contributed by atoms with van der Waals surface area (Å²) in [7, 11) is -3.84. The molecule has 0 heterocycles. The molecule has 0 fully saturated rings. The van der Waals surface area contributed by atoms with Gasteiger partial charge in [0.25, 0.3) is 5.91 Å². The highest BCUT2D eigenvalue weighted by molar-refractivity contribution is 7.92. The van der Waals surface area contributed by atoms with Crippen molar-refractivity contribution in [2.75, 3.05) is 12.3 Å². The SMILES string of the molecule is CCCC(CC)S(=O)(=O)C[C@H](NC(=O)c1ccc(C)cc1)C(=O)N[C@@H](Cc1cc(F)cc(F)c1)[C@H](O)CNCc1cccc(CC)c1. The highest BCUT2D eigenvalue weighted by atomic mass is 32.2. The first-order valence-electron chi connectivity index (χ1n) is 16.2. The Kier molecular flexibility index (Phi) is 14.5.